The van der Waals surface area contributed by atoms with E-state index in [1.807, 2.05) is 0 Å². The molecule has 2 unspecified atom stereocenters. The second kappa shape index (κ2) is 5.70. The Hall–Kier alpha value is 0.230. The molecule has 18 heavy (non-hydrogen) atoms. The Morgan fingerprint density at radius 3 is 2.83 bits per heavy atom. The van der Waals surface area contributed by atoms with E-state index in [2.05, 4.69) is 16.7 Å². The molecule has 0 aromatic carbocycles. The molecule has 0 amide bonds. The van der Waals surface area contributed by atoms with Crippen molar-refractivity contribution in [2.75, 3.05) is 37.8 Å². The van der Waals surface area contributed by atoms with Gasteiger partial charge in [0.1, 0.15) is 0 Å². The molecule has 0 radical (unpaired) electrons. The molecule has 3 rings (SSSR count). The molecular weight excluding hydrogens is 246 g/mol. The molecule has 4 heteroatoms. The number of rotatable bonds is 2. The first-order valence-corrected chi connectivity index (χ1v) is 8.53. The zero-order valence-corrected chi connectivity index (χ0v) is 12.0. The Morgan fingerprint density at radius 1 is 1.28 bits per heavy atom. The summed E-state index contributed by atoms with van der Waals surface area (Å²) in [5.41, 5.74) is 0.200. The van der Waals surface area contributed by atoms with E-state index in [1.54, 1.807) is 0 Å². The third-order valence-electron chi connectivity index (χ3n) is 4.96. The fraction of sp³-hybridized carbons (Fsp3) is 1.00. The fourth-order valence-electron chi connectivity index (χ4n) is 3.75. The van der Waals surface area contributed by atoms with Crippen molar-refractivity contribution < 1.29 is 9.84 Å². The Labute approximate surface area is 114 Å². The van der Waals surface area contributed by atoms with Gasteiger partial charge < -0.3 is 9.84 Å². The number of hydrogen-bond donors (Lipinski definition) is 1. The zero-order valence-electron chi connectivity index (χ0n) is 11.1. The molecular formula is C14H25NO2S. The molecule has 3 heterocycles. The van der Waals surface area contributed by atoms with Gasteiger partial charge in [-0.15, -0.1) is 0 Å². The topological polar surface area (TPSA) is 32.7 Å². The van der Waals surface area contributed by atoms with Gasteiger partial charge in [0, 0.05) is 25.8 Å². The number of aliphatic hydroxyl groups excluding tert-OH is 1. The second-order valence-electron chi connectivity index (χ2n) is 6.12. The first-order chi connectivity index (χ1) is 8.81. The van der Waals surface area contributed by atoms with Gasteiger partial charge in [0.2, 0.25) is 0 Å². The lowest BCUT2D eigenvalue weighted by molar-refractivity contribution is -0.108. The molecule has 2 atom stereocenters. The summed E-state index contributed by atoms with van der Waals surface area (Å²) in [6.45, 7) is 3.59. The van der Waals surface area contributed by atoms with Crippen molar-refractivity contribution in [1.29, 1.82) is 0 Å². The highest BCUT2D eigenvalue weighted by molar-refractivity contribution is 7.99. The molecule has 3 saturated heterocycles. The molecule has 104 valence electrons. The number of thioether (sulfide) groups is 1. The summed E-state index contributed by atoms with van der Waals surface area (Å²) >= 11 is 2.07. The van der Waals surface area contributed by atoms with E-state index in [9.17, 15) is 5.11 Å². The molecule has 3 aliphatic rings. The van der Waals surface area contributed by atoms with Crippen molar-refractivity contribution in [1.82, 2.24) is 4.90 Å². The predicted molar refractivity (Wildman–Crippen MR) is 75.0 cm³/mol. The van der Waals surface area contributed by atoms with Crippen LogP contribution in [0.3, 0.4) is 0 Å². The molecule has 3 fully saturated rings. The molecule has 0 aliphatic carbocycles. The molecule has 3 aliphatic heterocycles. The van der Waals surface area contributed by atoms with Gasteiger partial charge >= 0.3 is 0 Å². The maximum absolute atomic E-state index is 9.27. The van der Waals surface area contributed by atoms with Crippen molar-refractivity contribution in [3.63, 3.8) is 0 Å². The van der Waals surface area contributed by atoms with Crippen LogP contribution in [0.15, 0.2) is 0 Å². The van der Waals surface area contributed by atoms with E-state index in [0.717, 1.165) is 13.2 Å². The first-order valence-electron chi connectivity index (χ1n) is 7.38. The van der Waals surface area contributed by atoms with Crippen LogP contribution in [0, 0.1) is 5.92 Å². The van der Waals surface area contributed by atoms with Gasteiger partial charge in [-0.1, -0.05) is 0 Å². The molecule has 0 saturated carbocycles. The SMILES string of the molecule is OCC1CCN(C2CCOC3(CCSCC3)C2)C1. The molecule has 1 spiro atoms. The summed E-state index contributed by atoms with van der Waals surface area (Å²) in [7, 11) is 0. The van der Waals surface area contributed by atoms with E-state index in [0.29, 0.717) is 18.6 Å². The minimum Gasteiger partial charge on any atom is -0.396 e. The quantitative estimate of drug-likeness (QED) is 0.829. The maximum atomic E-state index is 9.27. The smallest absolute Gasteiger partial charge is 0.0713 e. The zero-order chi connectivity index (χ0) is 12.4. The van der Waals surface area contributed by atoms with Crippen LogP contribution in [-0.2, 0) is 4.74 Å². The van der Waals surface area contributed by atoms with Crippen LogP contribution in [-0.4, -0.2) is 59.5 Å². The number of hydrogen-bond acceptors (Lipinski definition) is 4. The van der Waals surface area contributed by atoms with Crippen molar-refractivity contribution in [2.45, 2.75) is 43.7 Å². The third-order valence-corrected chi connectivity index (χ3v) is 5.95. The van der Waals surface area contributed by atoms with Crippen LogP contribution in [0.1, 0.15) is 32.1 Å². The summed E-state index contributed by atoms with van der Waals surface area (Å²) in [4.78, 5) is 2.62. The van der Waals surface area contributed by atoms with Gasteiger partial charge in [0.05, 0.1) is 5.60 Å². The Bertz CT molecular complexity index is 275. The van der Waals surface area contributed by atoms with Gasteiger partial charge in [-0.3, -0.25) is 4.90 Å². The van der Waals surface area contributed by atoms with Crippen molar-refractivity contribution in [3.8, 4) is 0 Å². The normalized spacial score (nSPS) is 37.2. The molecule has 1 N–H and O–H groups in total. The van der Waals surface area contributed by atoms with E-state index < -0.39 is 0 Å². The highest BCUT2D eigenvalue weighted by atomic mass is 32.2. The maximum Gasteiger partial charge on any atom is 0.0713 e. The van der Waals surface area contributed by atoms with E-state index >= 15 is 0 Å². The minimum absolute atomic E-state index is 0.200. The average Bonchev–Trinajstić information content (AvgIpc) is 2.88. The first kappa shape index (κ1) is 13.2. The molecule has 3 nitrogen and oxygen atoms in total. The lowest BCUT2D eigenvalue weighted by Gasteiger charge is -2.45. The summed E-state index contributed by atoms with van der Waals surface area (Å²) in [5.74, 6) is 3.06. The molecule has 0 aromatic heterocycles. The van der Waals surface area contributed by atoms with Crippen LogP contribution < -0.4 is 0 Å². The standard InChI is InChI=1S/C14H25NO2S/c16-11-12-1-5-15(10-12)13-2-6-17-14(9-13)3-7-18-8-4-14/h12-13,16H,1-11H2. The van der Waals surface area contributed by atoms with E-state index in [4.69, 9.17) is 4.74 Å². The largest absolute Gasteiger partial charge is 0.396 e. The van der Waals surface area contributed by atoms with Crippen molar-refractivity contribution in [3.05, 3.63) is 0 Å². The van der Waals surface area contributed by atoms with E-state index in [1.165, 1.54) is 50.2 Å². The predicted octanol–water partition coefficient (Wildman–Crippen LogP) is 1.75. The van der Waals surface area contributed by atoms with Crippen LogP contribution in [0.2, 0.25) is 0 Å². The summed E-state index contributed by atoms with van der Waals surface area (Å²) in [6.07, 6.45) is 6.08. The lowest BCUT2D eigenvalue weighted by atomic mass is 9.85. The minimum atomic E-state index is 0.200. The van der Waals surface area contributed by atoms with E-state index in [-0.39, 0.29) is 5.60 Å². The fourth-order valence-corrected chi connectivity index (χ4v) is 4.99. The molecule has 0 bridgehead atoms. The van der Waals surface area contributed by atoms with Crippen molar-refractivity contribution >= 4 is 11.8 Å². The molecule has 0 aromatic rings. The highest BCUT2D eigenvalue weighted by Gasteiger charge is 2.41. The van der Waals surface area contributed by atoms with Crippen molar-refractivity contribution in [2.24, 2.45) is 5.92 Å². The van der Waals surface area contributed by atoms with Crippen LogP contribution in [0.4, 0.5) is 0 Å². The Balaban J connectivity index is 1.60. The van der Waals surface area contributed by atoms with Crippen LogP contribution in [0.5, 0.6) is 0 Å². The number of aliphatic hydroxyl groups is 1. The number of ether oxygens (including phenoxy) is 1. The lowest BCUT2D eigenvalue weighted by Crippen LogP contribution is -2.49. The summed E-state index contributed by atoms with van der Waals surface area (Å²) in [5, 5.41) is 9.27. The van der Waals surface area contributed by atoms with Gasteiger partial charge in [-0.25, -0.2) is 0 Å². The second-order valence-corrected chi connectivity index (χ2v) is 7.35. The summed E-state index contributed by atoms with van der Waals surface area (Å²) in [6, 6.07) is 0.707. The van der Waals surface area contributed by atoms with Gasteiger partial charge in [0.25, 0.3) is 0 Å². The van der Waals surface area contributed by atoms with Gasteiger partial charge in [0.15, 0.2) is 0 Å². The van der Waals surface area contributed by atoms with Gasteiger partial charge in [-0.05, 0) is 56.1 Å². The highest BCUT2D eigenvalue weighted by Crippen LogP contribution is 2.39. The number of likely N-dealkylation sites (tertiary alicyclic amines) is 1. The Morgan fingerprint density at radius 2 is 2.11 bits per heavy atom. The van der Waals surface area contributed by atoms with Crippen LogP contribution >= 0.6 is 11.8 Å². The third kappa shape index (κ3) is 2.72. The Kier molecular flexibility index (Phi) is 4.18. The monoisotopic (exact) mass is 271 g/mol. The summed E-state index contributed by atoms with van der Waals surface area (Å²) < 4.78 is 6.16. The van der Waals surface area contributed by atoms with Crippen LogP contribution in [0.25, 0.3) is 0 Å². The number of nitrogens with zero attached hydrogens (tertiary/aromatic N) is 1. The average molecular weight is 271 g/mol. The van der Waals surface area contributed by atoms with Gasteiger partial charge in [-0.2, -0.15) is 11.8 Å².